The highest BCUT2D eigenvalue weighted by atomic mass is 19.1. The van der Waals surface area contributed by atoms with Crippen molar-refractivity contribution in [2.24, 2.45) is 0 Å². The third kappa shape index (κ3) is 5.17. The molecule has 2 amide bonds. The topological polar surface area (TPSA) is 41.1 Å². The number of urea groups is 1. The third-order valence-electron chi connectivity index (χ3n) is 2.69. The number of amides is 2. The fraction of sp³-hybridized carbons (Fsp3) is 0.500. The maximum Gasteiger partial charge on any atom is 0.319 e. The van der Waals surface area contributed by atoms with Gasteiger partial charge in [0.05, 0.1) is 5.69 Å². The summed E-state index contributed by atoms with van der Waals surface area (Å²) in [7, 11) is 0. The monoisotopic (exact) mass is 252 g/mol. The minimum absolute atomic E-state index is 0.214. The smallest absolute Gasteiger partial charge is 0.319 e. The fourth-order valence-corrected chi connectivity index (χ4v) is 1.64. The van der Waals surface area contributed by atoms with E-state index in [1.54, 1.807) is 19.1 Å². The molecule has 1 aromatic carbocycles. The highest BCUT2D eigenvalue weighted by molar-refractivity contribution is 5.89. The van der Waals surface area contributed by atoms with Gasteiger partial charge in [-0.1, -0.05) is 32.3 Å². The van der Waals surface area contributed by atoms with Gasteiger partial charge in [0, 0.05) is 6.54 Å². The average Bonchev–Trinajstić information content (AvgIpc) is 2.32. The molecule has 0 unspecified atom stereocenters. The standard InChI is InChI=1S/C14H21FN2O/c1-3-4-5-6-9-16-14(18)17-13-8-7-11(2)10-12(13)15/h7-8,10H,3-6,9H2,1-2H3,(H2,16,17,18). The van der Waals surface area contributed by atoms with Gasteiger partial charge in [-0.2, -0.15) is 0 Å². The van der Waals surface area contributed by atoms with Crippen LogP contribution >= 0.6 is 0 Å². The van der Waals surface area contributed by atoms with E-state index in [4.69, 9.17) is 0 Å². The Morgan fingerprint density at radius 1 is 1.28 bits per heavy atom. The van der Waals surface area contributed by atoms with E-state index < -0.39 is 5.82 Å². The van der Waals surface area contributed by atoms with Gasteiger partial charge < -0.3 is 10.6 Å². The van der Waals surface area contributed by atoms with Gasteiger partial charge in [-0.3, -0.25) is 0 Å². The van der Waals surface area contributed by atoms with E-state index in [-0.39, 0.29) is 11.7 Å². The second-order valence-corrected chi connectivity index (χ2v) is 4.42. The summed E-state index contributed by atoms with van der Waals surface area (Å²) in [4.78, 5) is 11.5. The molecule has 0 aliphatic rings. The van der Waals surface area contributed by atoms with Gasteiger partial charge in [0.15, 0.2) is 0 Å². The maximum absolute atomic E-state index is 13.5. The number of hydrogen-bond donors (Lipinski definition) is 2. The van der Waals surface area contributed by atoms with Crippen molar-refractivity contribution in [3.63, 3.8) is 0 Å². The van der Waals surface area contributed by atoms with E-state index in [1.807, 2.05) is 0 Å². The van der Waals surface area contributed by atoms with Gasteiger partial charge in [0.25, 0.3) is 0 Å². The number of hydrogen-bond acceptors (Lipinski definition) is 1. The molecule has 0 aromatic heterocycles. The van der Waals surface area contributed by atoms with Crippen LogP contribution in [0.25, 0.3) is 0 Å². The van der Waals surface area contributed by atoms with Crippen molar-refractivity contribution in [3.05, 3.63) is 29.6 Å². The minimum atomic E-state index is -0.406. The van der Waals surface area contributed by atoms with Gasteiger partial charge in [0.1, 0.15) is 5.82 Å². The first-order chi connectivity index (χ1) is 8.63. The summed E-state index contributed by atoms with van der Waals surface area (Å²) < 4.78 is 13.5. The number of halogens is 1. The number of carbonyl (C=O) groups is 1. The highest BCUT2D eigenvalue weighted by Gasteiger charge is 2.05. The van der Waals surface area contributed by atoms with Gasteiger partial charge >= 0.3 is 6.03 Å². The molecule has 0 atom stereocenters. The molecule has 0 bridgehead atoms. The zero-order valence-corrected chi connectivity index (χ0v) is 11.1. The van der Waals surface area contributed by atoms with Crippen molar-refractivity contribution < 1.29 is 9.18 Å². The van der Waals surface area contributed by atoms with Crippen LogP contribution in [0.1, 0.15) is 38.2 Å². The molecule has 0 saturated carbocycles. The first-order valence-corrected chi connectivity index (χ1v) is 6.44. The van der Waals surface area contributed by atoms with Crippen molar-refractivity contribution in [2.75, 3.05) is 11.9 Å². The lowest BCUT2D eigenvalue weighted by Crippen LogP contribution is -2.29. The lowest BCUT2D eigenvalue weighted by Gasteiger charge is -2.08. The molecule has 0 fully saturated rings. The summed E-state index contributed by atoms with van der Waals surface area (Å²) in [5.41, 5.74) is 1.05. The lowest BCUT2D eigenvalue weighted by atomic mass is 10.2. The maximum atomic E-state index is 13.5. The van der Waals surface area contributed by atoms with Gasteiger partial charge in [-0.25, -0.2) is 9.18 Å². The molecular weight excluding hydrogens is 231 g/mol. The molecule has 2 N–H and O–H groups in total. The molecule has 0 aliphatic heterocycles. The van der Waals surface area contributed by atoms with Gasteiger partial charge in [-0.05, 0) is 31.0 Å². The Morgan fingerprint density at radius 2 is 2.06 bits per heavy atom. The number of unbranched alkanes of at least 4 members (excludes halogenated alkanes) is 3. The Hall–Kier alpha value is -1.58. The van der Waals surface area contributed by atoms with Crippen LogP contribution in [0.3, 0.4) is 0 Å². The van der Waals surface area contributed by atoms with E-state index in [2.05, 4.69) is 17.6 Å². The average molecular weight is 252 g/mol. The molecule has 18 heavy (non-hydrogen) atoms. The van der Waals surface area contributed by atoms with Crippen LogP contribution in [0.4, 0.5) is 14.9 Å². The molecule has 0 spiro atoms. The molecule has 1 rings (SSSR count). The Bertz CT molecular complexity index is 393. The van der Waals surface area contributed by atoms with Gasteiger partial charge in [0.2, 0.25) is 0 Å². The van der Waals surface area contributed by atoms with Crippen LogP contribution in [0.15, 0.2) is 18.2 Å². The van der Waals surface area contributed by atoms with E-state index in [1.165, 1.54) is 18.9 Å². The lowest BCUT2D eigenvalue weighted by molar-refractivity contribution is 0.251. The van der Waals surface area contributed by atoms with Crippen molar-refractivity contribution in [3.8, 4) is 0 Å². The Morgan fingerprint density at radius 3 is 2.72 bits per heavy atom. The Kier molecular flexibility index (Phi) is 6.19. The van der Waals surface area contributed by atoms with Crippen molar-refractivity contribution in [1.29, 1.82) is 0 Å². The van der Waals surface area contributed by atoms with Gasteiger partial charge in [-0.15, -0.1) is 0 Å². The number of carbonyl (C=O) groups excluding carboxylic acids is 1. The predicted octanol–water partition coefficient (Wildman–Crippen LogP) is 3.84. The number of aryl methyl sites for hydroxylation is 1. The van der Waals surface area contributed by atoms with Crippen LogP contribution in [0.2, 0.25) is 0 Å². The molecule has 4 heteroatoms. The summed E-state index contributed by atoms with van der Waals surface area (Å²) in [6.07, 6.45) is 4.41. The fourth-order valence-electron chi connectivity index (χ4n) is 1.64. The summed E-state index contributed by atoms with van der Waals surface area (Å²) >= 11 is 0. The van der Waals surface area contributed by atoms with E-state index in [0.29, 0.717) is 6.54 Å². The predicted molar refractivity (Wildman–Crippen MR) is 72.3 cm³/mol. The van der Waals surface area contributed by atoms with Crippen LogP contribution in [-0.2, 0) is 0 Å². The second-order valence-electron chi connectivity index (χ2n) is 4.42. The molecule has 3 nitrogen and oxygen atoms in total. The number of nitrogens with one attached hydrogen (secondary N) is 2. The van der Waals surface area contributed by atoms with E-state index in [9.17, 15) is 9.18 Å². The summed E-state index contributed by atoms with van der Waals surface area (Å²) in [5, 5.41) is 5.22. The molecule has 100 valence electrons. The molecule has 0 saturated heterocycles. The van der Waals surface area contributed by atoms with Crippen LogP contribution < -0.4 is 10.6 Å². The largest absolute Gasteiger partial charge is 0.338 e. The SMILES string of the molecule is CCCCCCNC(=O)Nc1ccc(C)cc1F. The normalized spacial score (nSPS) is 10.2. The highest BCUT2D eigenvalue weighted by Crippen LogP contribution is 2.14. The van der Waals surface area contributed by atoms with E-state index >= 15 is 0 Å². The number of benzene rings is 1. The molecule has 1 aromatic rings. The van der Waals surface area contributed by atoms with Crippen molar-refractivity contribution in [1.82, 2.24) is 5.32 Å². The quantitative estimate of drug-likeness (QED) is 0.742. The van der Waals surface area contributed by atoms with Crippen molar-refractivity contribution in [2.45, 2.75) is 39.5 Å². The Balaban J connectivity index is 2.31. The second kappa shape index (κ2) is 7.69. The van der Waals surface area contributed by atoms with Crippen LogP contribution in [0, 0.1) is 12.7 Å². The number of anilines is 1. The first-order valence-electron chi connectivity index (χ1n) is 6.44. The molecule has 0 radical (unpaired) electrons. The molecular formula is C14H21FN2O. The zero-order valence-electron chi connectivity index (χ0n) is 11.1. The Labute approximate surface area is 108 Å². The van der Waals surface area contributed by atoms with Crippen molar-refractivity contribution >= 4 is 11.7 Å². The number of rotatable bonds is 6. The van der Waals surface area contributed by atoms with E-state index in [0.717, 1.165) is 18.4 Å². The first kappa shape index (κ1) is 14.5. The minimum Gasteiger partial charge on any atom is -0.338 e. The van der Waals surface area contributed by atoms with Crippen LogP contribution in [0.5, 0.6) is 0 Å². The molecule has 0 heterocycles. The van der Waals surface area contributed by atoms with Crippen LogP contribution in [-0.4, -0.2) is 12.6 Å². The zero-order chi connectivity index (χ0) is 13.4. The molecule has 0 aliphatic carbocycles. The summed E-state index contributed by atoms with van der Waals surface area (Å²) in [6.45, 7) is 4.57. The summed E-state index contributed by atoms with van der Waals surface area (Å²) in [5.74, 6) is -0.406. The summed E-state index contributed by atoms with van der Waals surface area (Å²) in [6, 6.07) is 4.38. The third-order valence-corrected chi connectivity index (χ3v) is 2.69.